The van der Waals surface area contributed by atoms with Crippen LogP contribution in [-0.2, 0) is 0 Å². The Labute approximate surface area is 59.7 Å². The van der Waals surface area contributed by atoms with Crippen LogP contribution in [0.15, 0.2) is 22.5 Å². The minimum atomic E-state index is -0.730. The molecule has 0 radical (unpaired) electrons. The van der Waals surface area contributed by atoms with Gasteiger partial charge < -0.3 is 10.4 Å². The number of rotatable bonds is 3. The number of hydrogen-bond acceptors (Lipinski definition) is 4. The second-order valence-electron chi connectivity index (χ2n) is 2.25. The molecule has 1 heterocycles. The minimum absolute atomic E-state index is 0.566. The molecule has 4 nitrogen and oxygen atoms in total. The van der Waals surface area contributed by atoms with Gasteiger partial charge in [-0.3, -0.25) is 0 Å². The first-order chi connectivity index (χ1) is 4.71. The van der Waals surface area contributed by atoms with Gasteiger partial charge in [0.05, 0.1) is 0 Å². The zero-order valence-electron chi connectivity index (χ0n) is 6.07. The smallest absolute Gasteiger partial charge is 0.287 e. The third-order valence-corrected chi connectivity index (χ3v) is 1.36. The van der Waals surface area contributed by atoms with Gasteiger partial charge in [0.15, 0.2) is 0 Å². The number of allylic oxidation sites excluding steroid dienone is 1. The summed E-state index contributed by atoms with van der Waals surface area (Å²) in [5, 5.41) is 19.3. The van der Waals surface area contributed by atoms with E-state index in [1.54, 1.807) is 13.1 Å². The van der Waals surface area contributed by atoms with Gasteiger partial charge in [-0.05, 0) is 20.0 Å². The molecule has 0 amide bonds. The molecular formula is C6H11N3O. The first kappa shape index (κ1) is 7.21. The summed E-state index contributed by atoms with van der Waals surface area (Å²) in [6.45, 7) is 3.53. The van der Waals surface area contributed by atoms with Crippen molar-refractivity contribution in [3.05, 3.63) is 12.3 Å². The van der Waals surface area contributed by atoms with Crippen molar-refractivity contribution in [2.24, 2.45) is 10.2 Å². The van der Waals surface area contributed by atoms with Crippen LogP contribution in [0.4, 0.5) is 0 Å². The van der Waals surface area contributed by atoms with E-state index in [4.69, 9.17) is 5.11 Å². The monoisotopic (exact) mass is 141 g/mol. The van der Waals surface area contributed by atoms with Gasteiger partial charge in [-0.1, -0.05) is 6.08 Å². The predicted octanol–water partition coefficient (Wildman–Crippen LogP) is 0.610. The van der Waals surface area contributed by atoms with Crippen LogP contribution in [0.5, 0.6) is 0 Å². The molecule has 56 valence electrons. The van der Waals surface area contributed by atoms with Crippen LogP contribution >= 0.6 is 0 Å². The van der Waals surface area contributed by atoms with Crippen molar-refractivity contribution in [3.8, 4) is 0 Å². The van der Waals surface area contributed by atoms with Gasteiger partial charge in [0, 0.05) is 0 Å². The third-order valence-electron chi connectivity index (χ3n) is 1.36. The van der Waals surface area contributed by atoms with Crippen LogP contribution in [0, 0.1) is 0 Å². The van der Waals surface area contributed by atoms with E-state index >= 15 is 0 Å². The van der Waals surface area contributed by atoms with Gasteiger partial charge in [0.1, 0.15) is 6.10 Å². The van der Waals surface area contributed by atoms with Crippen LogP contribution in [0.2, 0.25) is 0 Å². The molecule has 1 aliphatic heterocycles. The van der Waals surface area contributed by atoms with Gasteiger partial charge in [-0.15, -0.1) is 10.2 Å². The molecule has 0 fully saturated rings. The number of nitrogens with one attached hydrogen (secondary N) is 1. The van der Waals surface area contributed by atoms with E-state index in [9.17, 15) is 0 Å². The highest BCUT2D eigenvalue weighted by atomic mass is 16.3. The molecule has 1 aliphatic rings. The molecule has 0 aromatic carbocycles. The predicted molar refractivity (Wildman–Crippen MR) is 37.2 cm³/mol. The largest absolute Gasteiger partial charge is 0.387 e. The van der Waals surface area contributed by atoms with Crippen LogP contribution in [0.3, 0.4) is 0 Å². The van der Waals surface area contributed by atoms with E-state index in [1.165, 1.54) is 0 Å². The molecule has 1 atom stereocenters. The standard InChI is InChI=1S/C6H11N3O/c1-3-4-7-6(5(2)10)8-9-6/h3-5,7,10H,1-2H3/b4-3+. The summed E-state index contributed by atoms with van der Waals surface area (Å²) < 4.78 is 0. The van der Waals surface area contributed by atoms with E-state index in [0.29, 0.717) is 0 Å². The Bertz CT molecular complexity index is 168. The minimum Gasteiger partial charge on any atom is -0.387 e. The Morgan fingerprint density at radius 1 is 1.60 bits per heavy atom. The third kappa shape index (κ3) is 1.16. The first-order valence-electron chi connectivity index (χ1n) is 3.22. The summed E-state index contributed by atoms with van der Waals surface area (Å²) in [5.74, 6) is -0.730. The maximum atomic E-state index is 9.09. The molecule has 0 saturated carbocycles. The molecule has 0 aromatic heterocycles. The van der Waals surface area contributed by atoms with Crippen molar-refractivity contribution >= 4 is 0 Å². The highest BCUT2D eigenvalue weighted by Gasteiger charge is 2.44. The maximum absolute atomic E-state index is 9.09. The molecule has 0 aromatic rings. The Morgan fingerprint density at radius 3 is 2.50 bits per heavy atom. The summed E-state index contributed by atoms with van der Waals surface area (Å²) >= 11 is 0. The normalized spacial score (nSPS) is 23.1. The SMILES string of the molecule is C/C=C/NC1(C(C)O)N=N1. The quantitative estimate of drug-likeness (QED) is 0.605. The van der Waals surface area contributed by atoms with Crippen LogP contribution in [0.25, 0.3) is 0 Å². The summed E-state index contributed by atoms with van der Waals surface area (Å²) in [6, 6.07) is 0. The Morgan fingerprint density at radius 2 is 2.20 bits per heavy atom. The number of aliphatic hydroxyl groups excluding tert-OH is 1. The Kier molecular flexibility index (Phi) is 1.72. The van der Waals surface area contributed by atoms with Crippen molar-refractivity contribution in [2.75, 3.05) is 0 Å². The summed E-state index contributed by atoms with van der Waals surface area (Å²) in [5.41, 5.74) is 0. The van der Waals surface area contributed by atoms with Crippen molar-refractivity contribution in [1.29, 1.82) is 0 Å². The zero-order chi connectivity index (χ0) is 7.61. The number of nitrogens with zero attached hydrogens (tertiary/aromatic N) is 2. The van der Waals surface area contributed by atoms with E-state index in [-0.39, 0.29) is 0 Å². The summed E-state index contributed by atoms with van der Waals surface area (Å²) in [4.78, 5) is 0. The molecule has 1 rings (SSSR count). The van der Waals surface area contributed by atoms with Crippen LogP contribution < -0.4 is 5.32 Å². The Balaban J connectivity index is 2.38. The van der Waals surface area contributed by atoms with Crippen molar-refractivity contribution in [2.45, 2.75) is 25.7 Å². The summed E-state index contributed by atoms with van der Waals surface area (Å²) in [6.07, 6.45) is 2.98. The fraction of sp³-hybridized carbons (Fsp3) is 0.667. The topological polar surface area (TPSA) is 57.0 Å². The highest BCUT2D eigenvalue weighted by molar-refractivity contribution is 4.99. The van der Waals surface area contributed by atoms with E-state index < -0.39 is 11.9 Å². The molecule has 0 saturated heterocycles. The average molecular weight is 141 g/mol. The molecular weight excluding hydrogens is 130 g/mol. The fourth-order valence-corrected chi connectivity index (χ4v) is 0.605. The molecule has 0 bridgehead atoms. The van der Waals surface area contributed by atoms with E-state index in [2.05, 4.69) is 15.5 Å². The van der Waals surface area contributed by atoms with Crippen molar-refractivity contribution in [1.82, 2.24) is 5.32 Å². The zero-order valence-corrected chi connectivity index (χ0v) is 6.07. The molecule has 4 heteroatoms. The highest BCUT2D eigenvalue weighted by Crippen LogP contribution is 2.28. The lowest BCUT2D eigenvalue weighted by Gasteiger charge is -2.12. The molecule has 1 unspecified atom stereocenters. The summed E-state index contributed by atoms with van der Waals surface area (Å²) in [7, 11) is 0. The van der Waals surface area contributed by atoms with E-state index in [0.717, 1.165) is 0 Å². The lowest BCUT2D eigenvalue weighted by molar-refractivity contribution is 0.131. The fourth-order valence-electron chi connectivity index (χ4n) is 0.605. The molecule has 0 aliphatic carbocycles. The lowest BCUT2D eigenvalue weighted by Crippen LogP contribution is -2.38. The van der Waals surface area contributed by atoms with Crippen molar-refractivity contribution in [3.63, 3.8) is 0 Å². The van der Waals surface area contributed by atoms with Gasteiger partial charge in [0.2, 0.25) is 0 Å². The van der Waals surface area contributed by atoms with E-state index in [1.807, 2.05) is 13.0 Å². The van der Waals surface area contributed by atoms with Gasteiger partial charge >= 0.3 is 0 Å². The maximum Gasteiger partial charge on any atom is 0.287 e. The lowest BCUT2D eigenvalue weighted by atomic mass is 10.3. The molecule has 10 heavy (non-hydrogen) atoms. The average Bonchev–Trinajstić information content (AvgIpc) is 2.64. The van der Waals surface area contributed by atoms with Crippen molar-refractivity contribution < 1.29 is 5.11 Å². The van der Waals surface area contributed by atoms with Gasteiger partial charge in [-0.2, -0.15) is 0 Å². The second-order valence-corrected chi connectivity index (χ2v) is 2.25. The van der Waals surface area contributed by atoms with Gasteiger partial charge in [0.25, 0.3) is 5.79 Å². The second kappa shape index (κ2) is 2.38. The molecule has 0 spiro atoms. The first-order valence-corrected chi connectivity index (χ1v) is 3.22. The number of hydrogen-bond donors (Lipinski definition) is 2. The van der Waals surface area contributed by atoms with Crippen LogP contribution in [0.1, 0.15) is 13.8 Å². The van der Waals surface area contributed by atoms with Gasteiger partial charge in [-0.25, -0.2) is 0 Å². The Hall–Kier alpha value is -0.900. The number of aliphatic hydroxyl groups is 1. The van der Waals surface area contributed by atoms with Crippen LogP contribution in [-0.4, -0.2) is 17.0 Å². The molecule has 2 N–H and O–H groups in total.